The average Bonchev–Trinajstić information content (AvgIpc) is 3.00. The third-order valence-corrected chi connectivity index (χ3v) is 5.39. The first kappa shape index (κ1) is 20.7. The van der Waals surface area contributed by atoms with Crippen LogP contribution in [0.25, 0.3) is 0 Å². The van der Waals surface area contributed by atoms with Crippen molar-refractivity contribution >= 4 is 12.1 Å². The van der Waals surface area contributed by atoms with Gasteiger partial charge in [-0.2, -0.15) is 5.10 Å². The summed E-state index contributed by atoms with van der Waals surface area (Å²) in [4.78, 5) is 24.5. The fourth-order valence-electron chi connectivity index (χ4n) is 4.28. The zero-order valence-electron chi connectivity index (χ0n) is 17.5. The summed E-state index contributed by atoms with van der Waals surface area (Å²) in [5.41, 5.74) is 2.22. The quantitative estimate of drug-likeness (QED) is 0.786. The fraction of sp³-hybridized carbons (Fsp3) is 0.762. The van der Waals surface area contributed by atoms with Gasteiger partial charge in [0.1, 0.15) is 5.60 Å². The van der Waals surface area contributed by atoms with Gasteiger partial charge in [0.05, 0.1) is 12.6 Å². The molecule has 1 aromatic heterocycles. The largest absolute Gasteiger partial charge is 0.461 e. The summed E-state index contributed by atoms with van der Waals surface area (Å²) in [6.07, 6.45) is 7.41. The molecule has 2 aliphatic rings. The Morgan fingerprint density at radius 2 is 1.93 bits per heavy atom. The Morgan fingerprint density at radius 1 is 1.18 bits per heavy atom. The number of aromatic nitrogens is 2. The van der Waals surface area contributed by atoms with Gasteiger partial charge in [0.2, 0.25) is 0 Å². The number of esters is 1. The normalized spacial score (nSPS) is 22.3. The van der Waals surface area contributed by atoms with E-state index < -0.39 is 5.60 Å². The Balaban J connectivity index is 1.75. The summed E-state index contributed by atoms with van der Waals surface area (Å²) in [6.45, 7) is 7.76. The van der Waals surface area contributed by atoms with Crippen LogP contribution >= 0.6 is 0 Å². The molecule has 0 aromatic carbocycles. The van der Waals surface area contributed by atoms with Crippen molar-refractivity contribution in [1.29, 1.82) is 0 Å². The Hall–Kier alpha value is -2.05. The minimum absolute atomic E-state index is 0.0584. The van der Waals surface area contributed by atoms with E-state index in [9.17, 15) is 9.59 Å². The number of nitrogens with zero attached hydrogens (tertiary/aromatic N) is 2. The molecule has 156 valence electrons. The topological polar surface area (TPSA) is 82.5 Å². The molecule has 1 saturated carbocycles. The van der Waals surface area contributed by atoms with Gasteiger partial charge in [0.15, 0.2) is 5.69 Å². The maximum Gasteiger partial charge on any atom is 0.407 e. The van der Waals surface area contributed by atoms with E-state index in [1.165, 1.54) is 5.69 Å². The van der Waals surface area contributed by atoms with Gasteiger partial charge in [-0.3, -0.25) is 4.68 Å². The summed E-state index contributed by atoms with van der Waals surface area (Å²) < 4.78 is 12.7. The lowest BCUT2D eigenvalue weighted by atomic mass is 9.90. The SMILES string of the molecule is CCOC(=O)c1nn(C2CCCC(NC(=O)OC(C)(C)C)C2)c2c1CCCC2. The molecule has 7 nitrogen and oxygen atoms in total. The third-order valence-electron chi connectivity index (χ3n) is 5.39. The molecule has 0 aliphatic heterocycles. The van der Waals surface area contributed by atoms with Crippen LogP contribution in [-0.4, -0.2) is 40.1 Å². The first-order chi connectivity index (χ1) is 13.3. The minimum Gasteiger partial charge on any atom is -0.461 e. The predicted octanol–water partition coefficient (Wildman–Crippen LogP) is 3.95. The maximum atomic E-state index is 12.4. The van der Waals surface area contributed by atoms with Gasteiger partial charge in [-0.25, -0.2) is 9.59 Å². The Kier molecular flexibility index (Phi) is 6.30. The fourth-order valence-corrected chi connectivity index (χ4v) is 4.28. The van der Waals surface area contributed by atoms with E-state index in [2.05, 4.69) is 10.00 Å². The van der Waals surface area contributed by atoms with Crippen molar-refractivity contribution in [2.45, 2.75) is 96.7 Å². The number of alkyl carbamates (subject to hydrolysis) is 1. The number of rotatable bonds is 4. The lowest BCUT2D eigenvalue weighted by molar-refractivity contribution is 0.0483. The van der Waals surface area contributed by atoms with Gasteiger partial charge in [0.25, 0.3) is 0 Å². The van der Waals surface area contributed by atoms with E-state index in [0.29, 0.717) is 12.3 Å². The summed E-state index contributed by atoms with van der Waals surface area (Å²) >= 11 is 0. The molecular weight excluding hydrogens is 358 g/mol. The number of nitrogens with one attached hydrogen (secondary N) is 1. The summed E-state index contributed by atoms with van der Waals surface area (Å²) in [7, 11) is 0. The lowest BCUT2D eigenvalue weighted by Gasteiger charge is -2.32. The molecule has 2 atom stereocenters. The molecule has 0 bridgehead atoms. The molecule has 2 unspecified atom stereocenters. The molecule has 1 amide bonds. The number of hydrogen-bond donors (Lipinski definition) is 1. The van der Waals surface area contributed by atoms with Gasteiger partial charge < -0.3 is 14.8 Å². The van der Waals surface area contributed by atoms with Gasteiger partial charge in [-0.05, 0) is 79.1 Å². The molecule has 1 aromatic rings. The highest BCUT2D eigenvalue weighted by Gasteiger charge is 2.32. The lowest BCUT2D eigenvalue weighted by Crippen LogP contribution is -2.42. The van der Waals surface area contributed by atoms with Gasteiger partial charge >= 0.3 is 12.1 Å². The van der Waals surface area contributed by atoms with Crippen molar-refractivity contribution in [3.8, 4) is 0 Å². The Morgan fingerprint density at radius 3 is 2.64 bits per heavy atom. The third kappa shape index (κ3) is 4.86. The van der Waals surface area contributed by atoms with Crippen molar-refractivity contribution in [2.24, 2.45) is 0 Å². The van der Waals surface area contributed by atoms with Crippen LogP contribution in [0.3, 0.4) is 0 Å². The molecule has 3 rings (SSSR count). The summed E-state index contributed by atoms with van der Waals surface area (Å²) in [5, 5.41) is 7.72. The second kappa shape index (κ2) is 8.53. The van der Waals surface area contributed by atoms with Crippen LogP contribution < -0.4 is 5.32 Å². The smallest absolute Gasteiger partial charge is 0.407 e. The second-order valence-electron chi connectivity index (χ2n) is 8.81. The van der Waals surface area contributed by atoms with Crippen LogP contribution in [0.4, 0.5) is 4.79 Å². The molecule has 0 radical (unpaired) electrons. The second-order valence-corrected chi connectivity index (χ2v) is 8.81. The van der Waals surface area contributed by atoms with E-state index in [-0.39, 0.29) is 24.1 Å². The van der Waals surface area contributed by atoms with E-state index in [4.69, 9.17) is 14.6 Å². The maximum absolute atomic E-state index is 12.4. The molecule has 1 heterocycles. The number of carbonyl (C=O) groups excluding carboxylic acids is 2. The van der Waals surface area contributed by atoms with Crippen LogP contribution in [-0.2, 0) is 22.3 Å². The van der Waals surface area contributed by atoms with Crippen LogP contribution in [0, 0.1) is 0 Å². The highest BCUT2D eigenvalue weighted by Crippen LogP contribution is 2.34. The predicted molar refractivity (Wildman–Crippen MR) is 105 cm³/mol. The molecule has 0 saturated heterocycles. The van der Waals surface area contributed by atoms with E-state index in [0.717, 1.165) is 56.9 Å². The summed E-state index contributed by atoms with van der Waals surface area (Å²) in [6, 6.07) is 0.242. The molecule has 0 spiro atoms. The number of ether oxygens (including phenoxy) is 2. The molecule has 7 heteroatoms. The Labute approximate surface area is 167 Å². The zero-order chi connectivity index (χ0) is 20.3. The van der Waals surface area contributed by atoms with Crippen molar-refractivity contribution in [3.63, 3.8) is 0 Å². The molecule has 2 aliphatic carbocycles. The van der Waals surface area contributed by atoms with Gasteiger partial charge in [-0.1, -0.05) is 0 Å². The highest BCUT2D eigenvalue weighted by molar-refractivity contribution is 5.89. The van der Waals surface area contributed by atoms with Gasteiger partial charge in [0, 0.05) is 17.3 Å². The van der Waals surface area contributed by atoms with E-state index in [1.54, 1.807) is 0 Å². The van der Waals surface area contributed by atoms with Gasteiger partial charge in [-0.15, -0.1) is 0 Å². The molecule has 1 fully saturated rings. The van der Waals surface area contributed by atoms with Crippen LogP contribution in [0.2, 0.25) is 0 Å². The monoisotopic (exact) mass is 391 g/mol. The van der Waals surface area contributed by atoms with Crippen molar-refractivity contribution in [3.05, 3.63) is 17.0 Å². The first-order valence-corrected chi connectivity index (χ1v) is 10.6. The Bertz CT molecular complexity index is 720. The standard InChI is InChI=1S/C21H33N3O4/c1-5-27-19(25)18-16-11-6-7-12-17(16)24(23-18)15-10-8-9-14(13-15)22-20(26)28-21(2,3)4/h14-15H,5-13H2,1-4H3,(H,22,26). The van der Waals surface area contributed by atoms with Crippen LogP contribution in [0.15, 0.2) is 0 Å². The van der Waals surface area contributed by atoms with E-state index in [1.807, 2.05) is 27.7 Å². The number of amides is 1. The highest BCUT2D eigenvalue weighted by atomic mass is 16.6. The molecular formula is C21H33N3O4. The van der Waals surface area contributed by atoms with Crippen molar-refractivity contribution < 1.29 is 19.1 Å². The van der Waals surface area contributed by atoms with Crippen molar-refractivity contribution in [1.82, 2.24) is 15.1 Å². The van der Waals surface area contributed by atoms with Crippen LogP contribution in [0.1, 0.15) is 94.0 Å². The van der Waals surface area contributed by atoms with Crippen LogP contribution in [0.5, 0.6) is 0 Å². The zero-order valence-corrected chi connectivity index (χ0v) is 17.5. The van der Waals surface area contributed by atoms with E-state index >= 15 is 0 Å². The number of carbonyl (C=O) groups is 2. The number of hydrogen-bond acceptors (Lipinski definition) is 5. The molecule has 28 heavy (non-hydrogen) atoms. The number of fused-ring (bicyclic) bond motifs is 1. The molecule has 1 N–H and O–H groups in total. The summed E-state index contributed by atoms with van der Waals surface area (Å²) in [5.74, 6) is -0.321. The first-order valence-electron chi connectivity index (χ1n) is 10.6. The minimum atomic E-state index is -0.506. The van der Waals surface area contributed by atoms with Crippen molar-refractivity contribution in [2.75, 3.05) is 6.61 Å². The average molecular weight is 392 g/mol.